The third kappa shape index (κ3) is 1.10. The van der Waals surface area contributed by atoms with Crippen LogP contribution in [0.4, 0.5) is 0 Å². The van der Waals surface area contributed by atoms with Gasteiger partial charge in [0.25, 0.3) is 0 Å². The van der Waals surface area contributed by atoms with Crippen LogP contribution < -0.4 is 10.9 Å². The first kappa shape index (κ1) is 6.06. The number of fused-ring (bicyclic) bond motifs is 2. The molecule has 2 aliphatic rings. The molecule has 2 nitrogen and oxygen atoms in total. The topological polar surface area (TPSA) is 24.1 Å². The van der Waals surface area contributed by atoms with E-state index in [1.54, 1.807) is 0 Å². The largest absolute Gasteiger partial charge is 0.232 e. The highest BCUT2D eigenvalue weighted by Gasteiger charge is 2.30. The quantitative estimate of drug-likeness (QED) is 0.553. The number of hydrogen-bond acceptors (Lipinski definition) is 6. The Hall–Kier alpha value is 1.32. The third-order valence-corrected chi connectivity index (χ3v) is 7.31. The van der Waals surface area contributed by atoms with Crippen molar-refractivity contribution >= 4 is 43.2 Å². The highest BCUT2D eigenvalue weighted by molar-refractivity contribution is 9.11. The van der Waals surface area contributed by atoms with Gasteiger partial charge in [-0.1, -0.05) is 33.3 Å². The minimum atomic E-state index is 0.575. The van der Waals surface area contributed by atoms with Gasteiger partial charge in [0.2, 0.25) is 0 Å². The molecule has 0 spiro atoms. The summed E-state index contributed by atoms with van der Waals surface area (Å²) in [6.07, 6.45) is 0. The SMILES string of the molecule is N1NC2SSSC1S2. The molecule has 2 N–H and O–H groups in total. The molecular formula is C2H4N2S4. The minimum absolute atomic E-state index is 0.575. The zero-order valence-electron chi connectivity index (χ0n) is 3.79. The molecule has 8 heavy (non-hydrogen) atoms. The predicted molar refractivity (Wildman–Crippen MR) is 44.2 cm³/mol. The average Bonchev–Trinajstić information content (AvgIpc) is 2.12. The Morgan fingerprint density at radius 1 is 1.00 bits per heavy atom. The summed E-state index contributed by atoms with van der Waals surface area (Å²) in [5.41, 5.74) is 6.31. The van der Waals surface area contributed by atoms with Gasteiger partial charge in [-0.05, 0) is 9.83 Å². The number of rotatable bonds is 0. The first-order chi connectivity index (χ1) is 3.95. The zero-order valence-corrected chi connectivity index (χ0v) is 7.05. The smallest absolute Gasteiger partial charge is 0.126 e. The fraction of sp³-hybridized carbons (Fsp3) is 1.00. The summed E-state index contributed by atoms with van der Waals surface area (Å²) in [5.74, 6) is 0. The van der Waals surface area contributed by atoms with Crippen LogP contribution in [0.2, 0.25) is 0 Å². The number of thioether (sulfide) groups is 1. The summed E-state index contributed by atoms with van der Waals surface area (Å²) in [6.45, 7) is 0. The van der Waals surface area contributed by atoms with Crippen molar-refractivity contribution in [3.63, 3.8) is 0 Å². The molecule has 0 radical (unpaired) electrons. The molecule has 0 aromatic carbocycles. The van der Waals surface area contributed by atoms with Gasteiger partial charge in [0.05, 0.1) is 0 Å². The molecular weight excluding hydrogens is 180 g/mol. The summed E-state index contributed by atoms with van der Waals surface area (Å²) in [4.78, 5) is 0. The van der Waals surface area contributed by atoms with Gasteiger partial charge >= 0.3 is 0 Å². The van der Waals surface area contributed by atoms with Gasteiger partial charge in [-0.25, -0.2) is 10.9 Å². The fourth-order valence-corrected chi connectivity index (χ4v) is 7.76. The summed E-state index contributed by atoms with van der Waals surface area (Å²) >= 11 is 1.94. The highest BCUT2D eigenvalue weighted by atomic mass is 33.5. The van der Waals surface area contributed by atoms with Crippen LogP contribution in [0, 0.1) is 0 Å². The lowest BCUT2D eigenvalue weighted by Crippen LogP contribution is -2.28. The van der Waals surface area contributed by atoms with Crippen molar-refractivity contribution in [3.8, 4) is 0 Å². The van der Waals surface area contributed by atoms with Crippen molar-refractivity contribution in [2.75, 3.05) is 0 Å². The average molecular weight is 184 g/mol. The van der Waals surface area contributed by atoms with Gasteiger partial charge in [0, 0.05) is 0 Å². The van der Waals surface area contributed by atoms with Gasteiger partial charge in [0.15, 0.2) is 0 Å². The van der Waals surface area contributed by atoms with Gasteiger partial charge < -0.3 is 0 Å². The van der Waals surface area contributed by atoms with E-state index in [0.29, 0.717) is 9.41 Å². The Morgan fingerprint density at radius 2 is 1.62 bits per heavy atom. The van der Waals surface area contributed by atoms with Crippen molar-refractivity contribution < 1.29 is 0 Å². The molecule has 2 heterocycles. The van der Waals surface area contributed by atoms with Crippen LogP contribution in [-0.2, 0) is 0 Å². The van der Waals surface area contributed by atoms with E-state index >= 15 is 0 Å². The molecule has 6 heteroatoms. The molecule has 0 aliphatic carbocycles. The molecule has 2 aliphatic heterocycles. The van der Waals surface area contributed by atoms with E-state index in [-0.39, 0.29) is 0 Å². The van der Waals surface area contributed by atoms with Crippen LogP contribution in [0.3, 0.4) is 0 Å². The Labute approximate surface area is 63.5 Å². The highest BCUT2D eigenvalue weighted by Crippen LogP contribution is 2.53. The molecule has 46 valence electrons. The van der Waals surface area contributed by atoms with Gasteiger partial charge in [-0.15, -0.1) is 0 Å². The van der Waals surface area contributed by atoms with Crippen molar-refractivity contribution in [2.24, 2.45) is 0 Å². The molecule has 0 aromatic rings. The van der Waals surface area contributed by atoms with Crippen LogP contribution in [-0.4, -0.2) is 9.41 Å². The number of hydrazine groups is 1. The zero-order chi connectivity index (χ0) is 5.40. The first-order valence-corrected chi connectivity index (χ1v) is 6.66. The van der Waals surface area contributed by atoms with Crippen molar-refractivity contribution in [1.29, 1.82) is 0 Å². The minimum Gasteiger partial charge on any atom is -0.232 e. The van der Waals surface area contributed by atoms with Crippen LogP contribution in [0.25, 0.3) is 0 Å². The van der Waals surface area contributed by atoms with Crippen molar-refractivity contribution in [3.05, 3.63) is 0 Å². The number of nitrogens with one attached hydrogen (secondary N) is 2. The molecule has 2 unspecified atom stereocenters. The van der Waals surface area contributed by atoms with E-state index in [9.17, 15) is 0 Å². The Balaban J connectivity index is 2.03. The maximum atomic E-state index is 3.15. The summed E-state index contributed by atoms with van der Waals surface area (Å²) in [6, 6.07) is 0. The maximum Gasteiger partial charge on any atom is 0.126 e. The van der Waals surface area contributed by atoms with Crippen molar-refractivity contribution in [1.82, 2.24) is 10.9 Å². The molecule has 0 amide bonds. The van der Waals surface area contributed by atoms with E-state index < -0.39 is 0 Å². The second kappa shape index (κ2) is 2.51. The Morgan fingerprint density at radius 3 is 2.12 bits per heavy atom. The Kier molecular flexibility index (Phi) is 1.90. The van der Waals surface area contributed by atoms with E-state index in [1.165, 1.54) is 0 Å². The fourth-order valence-electron chi connectivity index (χ4n) is 0.504. The molecule has 0 saturated carbocycles. The summed E-state index contributed by atoms with van der Waals surface area (Å²) in [7, 11) is 5.61. The lowest BCUT2D eigenvalue weighted by Gasteiger charge is -2.11. The molecule has 0 aromatic heterocycles. The van der Waals surface area contributed by atoms with Gasteiger partial charge in [0.1, 0.15) is 9.41 Å². The van der Waals surface area contributed by atoms with Crippen LogP contribution in [0.1, 0.15) is 0 Å². The van der Waals surface area contributed by atoms with E-state index in [4.69, 9.17) is 0 Å². The van der Waals surface area contributed by atoms with Crippen LogP contribution in [0.15, 0.2) is 0 Å². The van der Waals surface area contributed by atoms with E-state index in [0.717, 1.165) is 0 Å². The van der Waals surface area contributed by atoms with Gasteiger partial charge in [-0.2, -0.15) is 0 Å². The van der Waals surface area contributed by atoms with Crippen molar-refractivity contribution in [2.45, 2.75) is 9.41 Å². The van der Waals surface area contributed by atoms with Crippen LogP contribution in [0.5, 0.6) is 0 Å². The lowest BCUT2D eigenvalue weighted by atomic mass is 11.4. The normalized spacial score (nSPS) is 45.0. The predicted octanol–water partition coefficient (Wildman–Crippen LogP) is 1.44. The molecule has 2 bridgehead atoms. The standard InChI is InChI=1S/C2H4N2S4/c3-1-5-2(4-3)7-8-6-1/h1-4H. The molecule has 2 saturated heterocycles. The first-order valence-electron chi connectivity index (χ1n) is 2.10. The number of hydrogen-bond donors (Lipinski definition) is 2. The van der Waals surface area contributed by atoms with Crippen LogP contribution >= 0.6 is 43.2 Å². The summed E-state index contributed by atoms with van der Waals surface area (Å²) in [5, 5.41) is 0. The maximum absolute atomic E-state index is 3.15. The Bertz CT molecular complexity index is 84.0. The second-order valence-corrected chi connectivity index (χ2v) is 7.41. The van der Waals surface area contributed by atoms with E-state index in [2.05, 4.69) is 10.9 Å². The third-order valence-electron chi connectivity index (χ3n) is 0.820. The van der Waals surface area contributed by atoms with Gasteiger partial charge in [-0.3, -0.25) is 0 Å². The summed E-state index contributed by atoms with van der Waals surface area (Å²) < 4.78 is 1.15. The molecule has 2 rings (SSSR count). The monoisotopic (exact) mass is 184 g/mol. The lowest BCUT2D eigenvalue weighted by molar-refractivity contribution is 0.656. The van der Waals surface area contributed by atoms with E-state index in [1.807, 2.05) is 43.2 Å². The second-order valence-electron chi connectivity index (χ2n) is 1.35. The molecule has 2 fully saturated rings. The molecule has 2 atom stereocenters.